The van der Waals surface area contributed by atoms with Crippen LogP contribution in [0.4, 0.5) is 0 Å². The lowest BCUT2D eigenvalue weighted by molar-refractivity contribution is 1.65. The van der Waals surface area contributed by atoms with Crippen molar-refractivity contribution < 1.29 is 0 Å². The molecule has 0 aliphatic rings. The second-order valence-electron chi connectivity index (χ2n) is 12.9. The van der Waals surface area contributed by atoms with Gasteiger partial charge in [0.15, 0.2) is 0 Å². The van der Waals surface area contributed by atoms with E-state index in [4.69, 9.17) is 0 Å². The fraction of sp³-hybridized carbons (Fsp3) is 0. The van der Waals surface area contributed by atoms with Gasteiger partial charge in [-0.3, -0.25) is 0 Å². The Morgan fingerprint density at radius 1 is 0.208 bits per heavy atom. The zero-order valence-electron chi connectivity index (χ0n) is 26.3. The molecule has 0 radical (unpaired) electrons. The molecule has 10 aromatic carbocycles. The molecule has 0 fully saturated rings. The third-order valence-electron chi connectivity index (χ3n) is 10.2. The Hall–Kier alpha value is -6.24. The van der Waals surface area contributed by atoms with Crippen molar-refractivity contribution in [3.8, 4) is 33.4 Å². The smallest absolute Gasteiger partial charge is 0.00139 e. The van der Waals surface area contributed by atoms with E-state index >= 15 is 0 Å². The van der Waals surface area contributed by atoms with Gasteiger partial charge in [-0.05, 0) is 116 Å². The zero-order valence-corrected chi connectivity index (χ0v) is 26.3. The monoisotopic (exact) mass is 606 g/mol. The average molecular weight is 607 g/mol. The molecular weight excluding hydrogens is 577 g/mol. The predicted molar refractivity (Wildman–Crippen MR) is 208 cm³/mol. The highest BCUT2D eigenvalue weighted by Crippen LogP contribution is 2.47. The van der Waals surface area contributed by atoms with E-state index in [1.807, 2.05) is 0 Å². The summed E-state index contributed by atoms with van der Waals surface area (Å²) in [5.74, 6) is 0. The summed E-state index contributed by atoms with van der Waals surface area (Å²) in [5, 5.41) is 15.2. The number of hydrogen-bond donors (Lipinski definition) is 0. The van der Waals surface area contributed by atoms with Gasteiger partial charge in [0.25, 0.3) is 0 Å². The SMILES string of the molecule is c1ccc(-c2ccc3c(ccc4c3ccc3c(-c5ccc6ccccc6c5)c5ccccc5c(-c5ccc6ccccc6c5)c34)c2)cc1. The van der Waals surface area contributed by atoms with Crippen LogP contribution in [0, 0.1) is 0 Å². The molecule has 0 spiro atoms. The maximum absolute atomic E-state index is 2.38. The van der Waals surface area contributed by atoms with Crippen LogP contribution in [0.15, 0.2) is 182 Å². The number of rotatable bonds is 3. The lowest BCUT2D eigenvalue weighted by Crippen LogP contribution is -1.93. The van der Waals surface area contributed by atoms with Crippen LogP contribution in [0.1, 0.15) is 0 Å². The van der Waals surface area contributed by atoms with Gasteiger partial charge >= 0.3 is 0 Å². The van der Waals surface area contributed by atoms with Crippen molar-refractivity contribution >= 4 is 64.6 Å². The van der Waals surface area contributed by atoms with Crippen LogP contribution >= 0.6 is 0 Å². The van der Waals surface area contributed by atoms with Gasteiger partial charge in [0, 0.05) is 0 Å². The molecule has 10 aromatic rings. The standard InChI is InChI=1S/C48H30/c1-2-10-31(11-3-1)36-22-24-40-37(28-36)23-25-44-41(40)26-27-45-46(38-20-18-32-12-4-6-14-34(32)29-38)42-16-8-9-17-43(42)47(48(44)45)39-21-19-33-13-5-7-15-35(33)30-39/h1-30H. The van der Waals surface area contributed by atoms with Gasteiger partial charge in [-0.1, -0.05) is 164 Å². The number of fused-ring (bicyclic) bond motifs is 8. The zero-order chi connectivity index (χ0) is 31.6. The lowest BCUT2D eigenvalue weighted by atomic mass is 9.83. The van der Waals surface area contributed by atoms with Crippen molar-refractivity contribution in [1.82, 2.24) is 0 Å². The van der Waals surface area contributed by atoms with Crippen LogP contribution in [0.3, 0.4) is 0 Å². The molecule has 0 N–H and O–H groups in total. The van der Waals surface area contributed by atoms with Gasteiger partial charge < -0.3 is 0 Å². The Kier molecular flexibility index (Phi) is 5.98. The van der Waals surface area contributed by atoms with Crippen molar-refractivity contribution in [2.45, 2.75) is 0 Å². The van der Waals surface area contributed by atoms with E-state index in [2.05, 4.69) is 182 Å². The van der Waals surface area contributed by atoms with Crippen LogP contribution in [-0.2, 0) is 0 Å². The van der Waals surface area contributed by atoms with Crippen molar-refractivity contribution in [1.29, 1.82) is 0 Å². The van der Waals surface area contributed by atoms with Gasteiger partial charge in [-0.2, -0.15) is 0 Å². The van der Waals surface area contributed by atoms with E-state index in [1.54, 1.807) is 0 Å². The molecule has 0 bridgehead atoms. The predicted octanol–water partition coefficient (Wildman–Crippen LogP) is 13.6. The van der Waals surface area contributed by atoms with Gasteiger partial charge in [0.2, 0.25) is 0 Å². The molecule has 0 heteroatoms. The van der Waals surface area contributed by atoms with Crippen molar-refractivity contribution in [2.24, 2.45) is 0 Å². The van der Waals surface area contributed by atoms with Crippen LogP contribution in [-0.4, -0.2) is 0 Å². The fourth-order valence-corrected chi connectivity index (χ4v) is 7.93. The van der Waals surface area contributed by atoms with Gasteiger partial charge in [0.05, 0.1) is 0 Å². The topological polar surface area (TPSA) is 0 Å². The van der Waals surface area contributed by atoms with Crippen molar-refractivity contribution in [3.05, 3.63) is 182 Å². The Morgan fingerprint density at radius 3 is 1.40 bits per heavy atom. The Bertz CT molecular complexity index is 2880. The first-order valence-corrected chi connectivity index (χ1v) is 16.7. The van der Waals surface area contributed by atoms with E-state index in [0.717, 1.165) is 0 Å². The van der Waals surface area contributed by atoms with Crippen LogP contribution in [0.5, 0.6) is 0 Å². The quantitative estimate of drug-likeness (QED) is 0.139. The summed E-state index contributed by atoms with van der Waals surface area (Å²) in [6.07, 6.45) is 0. The number of hydrogen-bond acceptors (Lipinski definition) is 0. The molecule has 0 atom stereocenters. The summed E-state index contributed by atoms with van der Waals surface area (Å²) in [6, 6.07) is 67.2. The van der Waals surface area contributed by atoms with Crippen molar-refractivity contribution in [3.63, 3.8) is 0 Å². The number of benzene rings is 10. The molecule has 0 saturated heterocycles. The third-order valence-corrected chi connectivity index (χ3v) is 10.2. The largest absolute Gasteiger partial charge is 0.0622 e. The first-order valence-electron chi connectivity index (χ1n) is 16.7. The van der Waals surface area contributed by atoms with Crippen molar-refractivity contribution in [2.75, 3.05) is 0 Å². The maximum atomic E-state index is 2.38. The second kappa shape index (κ2) is 10.7. The molecule has 0 nitrogen and oxygen atoms in total. The Morgan fingerprint density at radius 2 is 0.688 bits per heavy atom. The van der Waals surface area contributed by atoms with Gasteiger partial charge in [-0.25, -0.2) is 0 Å². The third kappa shape index (κ3) is 4.16. The van der Waals surface area contributed by atoms with Crippen LogP contribution in [0.25, 0.3) is 98.0 Å². The lowest BCUT2D eigenvalue weighted by Gasteiger charge is -2.20. The Labute approximate surface area is 279 Å². The molecule has 0 saturated carbocycles. The van der Waals surface area contributed by atoms with E-state index in [9.17, 15) is 0 Å². The normalized spacial score (nSPS) is 11.8. The second-order valence-corrected chi connectivity index (χ2v) is 12.9. The summed E-state index contributed by atoms with van der Waals surface area (Å²) < 4.78 is 0. The molecule has 0 unspecified atom stereocenters. The minimum atomic E-state index is 1.24. The summed E-state index contributed by atoms with van der Waals surface area (Å²) >= 11 is 0. The maximum Gasteiger partial charge on any atom is -0.00139 e. The average Bonchev–Trinajstić information content (AvgIpc) is 3.16. The highest BCUT2D eigenvalue weighted by molar-refractivity contribution is 6.30. The summed E-state index contributed by atoms with van der Waals surface area (Å²) in [7, 11) is 0. The van der Waals surface area contributed by atoms with E-state index < -0.39 is 0 Å². The molecule has 10 rings (SSSR count). The van der Waals surface area contributed by atoms with Crippen LogP contribution < -0.4 is 0 Å². The minimum absolute atomic E-state index is 1.24. The molecule has 48 heavy (non-hydrogen) atoms. The first-order chi connectivity index (χ1) is 23.8. The molecular formula is C48H30. The van der Waals surface area contributed by atoms with Gasteiger partial charge in [-0.15, -0.1) is 0 Å². The minimum Gasteiger partial charge on any atom is -0.0622 e. The highest BCUT2D eigenvalue weighted by atomic mass is 14.2. The first kappa shape index (κ1) is 26.9. The van der Waals surface area contributed by atoms with E-state index in [-0.39, 0.29) is 0 Å². The summed E-state index contributed by atoms with van der Waals surface area (Å²) in [6.45, 7) is 0. The molecule has 0 aliphatic carbocycles. The summed E-state index contributed by atoms with van der Waals surface area (Å²) in [5.41, 5.74) is 7.55. The molecule has 0 aliphatic heterocycles. The molecule has 0 heterocycles. The van der Waals surface area contributed by atoms with Gasteiger partial charge in [0.1, 0.15) is 0 Å². The molecule has 0 amide bonds. The molecule has 0 aromatic heterocycles. The van der Waals surface area contributed by atoms with E-state index in [0.29, 0.717) is 0 Å². The Balaban J connectivity index is 1.35. The summed E-state index contributed by atoms with van der Waals surface area (Å²) in [4.78, 5) is 0. The highest BCUT2D eigenvalue weighted by Gasteiger charge is 2.20. The molecule has 222 valence electrons. The van der Waals surface area contributed by atoms with Crippen LogP contribution in [0.2, 0.25) is 0 Å². The van der Waals surface area contributed by atoms with E-state index in [1.165, 1.54) is 98.0 Å². The fourth-order valence-electron chi connectivity index (χ4n) is 7.93.